The topological polar surface area (TPSA) is 91.2 Å². The van der Waals surface area contributed by atoms with Crippen LogP contribution in [0.5, 0.6) is 0 Å². The molecule has 0 bridgehead atoms. The van der Waals surface area contributed by atoms with Crippen LogP contribution >= 0.6 is 0 Å². The van der Waals surface area contributed by atoms with Crippen LogP contribution in [0.15, 0.2) is 18.3 Å². The van der Waals surface area contributed by atoms with Crippen LogP contribution in [0.1, 0.15) is 24.9 Å². The van der Waals surface area contributed by atoms with Crippen molar-refractivity contribution in [2.45, 2.75) is 19.4 Å². The Balaban J connectivity index is 2.65. The third-order valence-corrected chi connectivity index (χ3v) is 1.96. The Morgan fingerprint density at radius 3 is 3.00 bits per heavy atom. The van der Waals surface area contributed by atoms with E-state index < -0.39 is 6.04 Å². The lowest BCUT2D eigenvalue weighted by molar-refractivity contribution is -0.143. The molecule has 4 N–H and O–H groups in total. The zero-order valence-corrected chi connectivity index (χ0v) is 8.64. The van der Waals surface area contributed by atoms with Crippen LogP contribution in [-0.2, 0) is 9.53 Å². The first-order chi connectivity index (χ1) is 7.15. The maximum Gasteiger partial charge on any atom is 0.307 e. The van der Waals surface area contributed by atoms with Crippen LogP contribution in [0.3, 0.4) is 0 Å². The Hall–Kier alpha value is -1.62. The summed E-state index contributed by atoms with van der Waals surface area (Å²) in [6.07, 6.45) is 1.69. The molecule has 0 aliphatic rings. The van der Waals surface area contributed by atoms with E-state index in [2.05, 4.69) is 4.98 Å². The van der Waals surface area contributed by atoms with E-state index in [-0.39, 0.29) is 12.4 Å². The summed E-state index contributed by atoms with van der Waals surface area (Å²) in [6, 6.07) is 3.03. The van der Waals surface area contributed by atoms with Crippen molar-refractivity contribution in [1.82, 2.24) is 4.98 Å². The van der Waals surface area contributed by atoms with Gasteiger partial charge in [0.2, 0.25) is 0 Å². The van der Waals surface area contributed by atoms with Gasteiger partial charge in [-0.2, -0.15) is 0 Å². The third kappa shape index (κ3) is 3.21. The normalized spacial score (nSPS) is 12.1. The second-order valence-corrected chi connectivity index (χ2v) is 3.09. The highest BCUT2D eigenvalue weighted by Gasteiger charge is 2.14. The molecule has 0 aliphatic carbocycles. The molecule has 1 heterocycles. The van der Waals surface area contributed by atoms with Crippen molar-refractivity contribution in [1.29, 1.82) is 0 Å². The molecule has 1 atom stereocenters. The predicted molar refractivity (Wildman–Crippen MR) is 56.8 cm³/mol. The minimum Gasteiger partial charge on any atom is -0.466 e. The summed E-state index contributed by atoms with van der Waals surface area (Å²) in [5.74, 6) is 0.0301. The zero-order chi connectivity index (χ0) is 11.3. The molecule has 5 nitrogen and oxygen atoms in total. The molecule has 0 saturated carbocycles. The van der Waals surface area contributed by atoms with Crippen molar-refractivity contribution in [3.05, 3.63) is 23.9 Å². The number of carbonyl (C=O) groups is 1. The highest BCUT2D eigenvalue weighted by molar-refractivity contribution is 5.70. The van der Waals surface area contributed by atoms with Gasteiger partial charge in [0.15, 0.2) is 0 Å². The highest BCUT2D eigenvalue weighted by atomic mass is 16.5. The monoisotopic (exact) mass is 209 g/mol. The molecule has 1 aromatic rings. The predicted octanol–water partition coefficient (Wildman–Crippen LogP) is 0.617. The molecule has 5 heteroatoms. The van der Waals surface area contributed by atoms with Gasteiger partial charge in [0.05, 0.1) is 13.0 Å². The zero-order valence-electron chi connectivity index (χ0n) is 8.64. The number of carbonyl (C=O) groups excluding carboxylic acids is 1. The number of nitrogen functional groups attached to an aromatic ring is 1. The van der Waals surface area contributed by atoms with Gasteiger partial charge >= 0.3 is 5.97 Å². The number of hydrogen-bond acceptors (Lipinski definition) is 5. The average Bonchev–Trinajstić information content (AvgIpc) is 2.18. The lowest BCUT2D eigenvalue weighted by Gasteiger charge is -2.12. The number of esters is 1. The van der Waals surface area contributed by atoms with Crippen LogP contribution in [0.25, 0.3) is 0 Å². The molecule has 15 heavy (non-hydrogen) atoms. The van der Waals surface area contributed by atoms with Gasteiger partial charge in [-0.1, -0.05) is 6.07 Å². The van der Waals surface area contributed by atoms with E-state index in [0.717, 1.165) is 0 Å². The number of ether oxygens (including phenoxy) is 1. The largest absolute Gasteiger partial charge is 0.466 e. The SMILES string of the molecule is CCOC(=O)C[C@@H](N)c1cccnc1N. The van der Waals surface area contributed by atoms with Crippen LogP contribution < -0.4 is 11.5 Å². The van der Waals surface area contributed by atoms with E-state index in [1.54, 1.807) is 25.3 Å². The molecule has 1 aromatic heterocycles. The molecule has 82 valence electrons. The molecule has 0 aromatic carbocycles. The molecule has 0 spiro atoms. The van der Waals surface area contributed by atoms with E-state index in [0.29, 0.717) is 18.0 Å². The maximum atomic E-state index is 11.2. The van der Waals surface area contributed by atoms with E-state index in [1.165, 1.54) is 0 Å². The standard InChI is InChI=1S/C10H15N3O2/c1-2-15-9(14)6-8(11)7-4-3-5-13-10(7)12/h3-5,8H,2,6,11H2,1H3,(H2,12,13)/t8-/m1/s1. The number of anilines is 1. The van der Waals surface area contributed by atoms with Crippen LogP contribution in [0, 0.1) is 0 Å². The van der Waals surface area contributed by atoms with E-state index >= 15 is 0 Å². The van der Waals surface area contributed by atoms with Gasteiger partial charge in [0.25, 0.3) is 0 Å². The molecule has 0 fully saturated rings. The second-order valence-electron chi connectivity index (χ2n) is 3.09. The Morgan fingerprint density at radius 2 is 2.40 bits per heavy atom. The van der Waals surface area contributed by atoms with Gasteiger partial charge in [-0.25, -0.2) is 4.98 Å². The summed E-state index contributed by atoms with van der Waals surface area (Å²) < 4.78 is 4.79. The minimum absolute atomic E-state index is 0.115. The maximum absolute atomic E-state index is 11.2. The number of pyridine rings is 1. The first-order valence-electron chi connectivity index (χ1n) is 4.76. The molecule has 1 rings (SSSR count). The van der Waals surface area contributed by atoms with Crippen molar-refractivity contribution >= 4 is 11.8 Å². The first-order valence-corrected chi connectivity index (χ1v) is 4.76. The summed E-state index contributed by atoms with van der Waals surface area (Å²) in [7, 11) is 0. The molecule has 0 saturated heterocycles. The molecule has 0 aliphatic heterocycles. The number of nitrogens with zero attached hydrogens (tertiary/aromatic N) is 1. The number of nitrogens with two attached hydrogens (primary N) is 2. The average molecular weight is 209 g/mol. The molecule has 0 radical (unpaired) electrons. The second kappa shape index (κ2) is 5.31. The summed E-state index contributed by atoms with van der Waals surface area (Å²) in [6.45, 7) is 2.11. The Bertz CT molecular complexity index is 341. The first kappa shape index (κ1) is 11.5. The quantitative estimate of drug-likeness (QED) is 0.709. The van der Waals surface area contributed by atoms with Crippen LogP contribution in [0.2, 0.25) is 0 Å². The van der Waals surface area contributed by atoms with Crippen molar-refractivity contribution in [3.63, 3.8) is 0 Å². The minimum atomic E-state index is -0.460. The third-order valence-electron chi connectivity index (χ3n) is 1.96. The van der Waals surface area contributed by atoms with Gasteiger partial charge in [0.1, 0.15) is 5.82 Å². The molecule has 0 unspecified atom stereocenters. The summed E-state index contributed by atoms with van der Waals surface area (Å²) in [5, 5.41) is 0. The van der Waals surface area contributed by atoms with Gasteiger partial charge < -0.3 is 16.2 Å². The van der Waals surface area contributed by atoms with Crippen molar-refractivity contribution in [2.75, 3.05) is 12.3 Å². The highest BCUT2D eigenvalue weighted by Crippen LogP contribution is 2.18. The summed E-state index contributed by atoms with van der Waals surface area (Å²) in [4.78, 5) is 15.1. The van der Waals surface area contributed by atoms with Crippen molar-refractivity contribution < 1.29 is 9.53 Å². The van der Waals surface area contributed by atoms with E-state index in [4.69, 9.17) is 16.2 Å². The number of hydrogen-bond donors (Lipinski definition) is 2. The number of aromatic nitrogens is 1. The number of rotatable bonds is 4. The van der Waals surface area contributed by atoms with Gasteiger partial charge in [-0.05, 0) is 13.0 Å². The fraction of sp³-hybridized carbons (Fsp3) is 0.400. The molecular weight excluding hydrogens is 194 g/mol. The lowest BCUT2D eigenvalue weighted by atomic mass is 10.1. The van der Waals surface area contributed by atoms with Gasteiger partial charge in [0, 0.05) is 17.8 Å². The molecule has 0 amide bonds. The van der Waals surface area contributed by atoms with Crippen LogP contribution in [-0.4, -0.2) is 17.6 Å². The smallest absolute Gasteiger partial charge is 0.307 e. The lowest BCUT2D eigenvalue weighted by Crippen LogP contribution is -2.18. The molecular formula is C10H15N3O2. The Morgan fingerprint density at radius 1 is 1.67 bits per heavy atom. The summed E-state index contributed by atoms with van der Waals surface area (Å²) in [5.41, 5.74) is 12.1. The fourth-order valence-electron chi connectivity index (χ4n) is 1.25. The Kier molecular flexibility index (Phi) is 4.05. The van der Waals surface area contributed by atoms with E-state index in [9.17, 15) is 4.79 Å². The van der Waals surface area contributed by atoms with Crippen molar-refractivity contribution in [2.24, 2.45) is 5.73 Å². The van der Waals surface area contributed by atoms with Crippen molar-refractivity contribution in [3.8, 4) is 0 Å². The van der Waals surface area contributed by atoms with Gasteiger partial charge in [-0.3, -0.25) is 4.79 Å². The van der Waals surface area contributed by atoms with Gasteiger partial charge in [-0.15, -0.1) is 0 Å². The van der Waals surface area contributed by atoms with Crippen LogP contribution in [0.4, 0.5) is 5.82 Å². The Labute approximate surface area is 88.4 Å². The summed E-state index contributed by atoms with van der Waals surface area (Å²) >= 11 is 0. The van der Waals surface area contributed by atoms with E-state index in [1.807, 2.05) is 0 Å². The fourth-order valence-corrected chi connectivity index (χ4v) is 1.25.